The quantitative estimate of drug-likeness (QED) is 0.513. The predicted molar refractivity (Wildman–Crippen MR) is 88.7 cm³/mol. The van der Waals surface area contributed by atoms with Crippen molar-refractivity contribution >= 4 is 51.8 Å². The van der Waals surface area contributed by atoms with Crippen LogP contribution in [0.4, 0.5) is 0 Å². The molecular formula is C15H10Cl3N3O2. The zero-order chi connectivity index (χ0) is 16.4. The minimum absolute atomic E-state index is 0.344. The van der Waals surface area contributed by atoms with Gasteiger partial charge in [-0.2, -0.15) is 0 Å². The molecule has 0 bridgehead atoms. The van der Waals surface area contributed by atoms with Crippen LogP contribution in [0.5, 0.6) is 0 Å². The standard InChI is InChI=1S/C15H10Cl3N3O2/c16-15(17,18)14(23-13(22)10-6-2-1-3-7-10)21-12-9-5-4-8-11(12)19-20-21/h1-9,14H/t14-/m0/s1. The highest BCUT2D eigenvalue weighted by molar-refractivity contribution is 6.67. The molecule has 5 nitrogen and oxygen atoms in total. The molecule has 3 aromatic rings. The first kappa shape index (κ1) is 16.1. The minimum Gasteiger partial charge on any atom is -0.431 e. The van der Waals surface area contributed by atoms with Gasteiger partial charge in [-0.25, -0.2) is 9.48 Å². The Morgan fingerprint density at radius 3 is 2.39 bits per heavy atom. The summed E-state index contributed by atoms with van der Waals surface area (Å²) in [7, 11) is 0. The summed E-state index contributed by atoms with van der Waals surface area (Å²) < 4.78 is 4.74. The smallest absolute Gasteiger partial charge is 0.340 e. The van der Waals surface area contributed by atoms with Crippen LogP contribution in [0, 0.1) is 0 Å². The SMILES string of the molecule is O=C(O[C@H](n1nnc2ccccc21)C(Cl)(Cl)Cl)c1ccccc1. The molecule has 23 heavy (non-hydrogen) atoms. The van der Waals surface area contributed by atoms with Crippen LogP contribution < -0.4 is 0 Å². The molecule has 0 fully saturated rings. The van der Waals surface area contributed by atoms with Gasteiger partial charge in [0, 0.05) is 0 Å². The van der Waals surface area contributed by atoms with Crippen molar-refractivity contribution in [3.63, 3.8) is 0 Å². The summed E-state index contributed by atoms with van der Waals surface area (Å²) >= 11 is 18.0. The maximum atomic E-state index is 12.3. The number of rotatable bonds is 3. The molecule has 2 aromatic carbocycles. The number of esters is 1. The molecule has 0 aliphatic carbocycles. The zero-order valence-electron chi connectivity index (χ0n) is 11.6. The lowest BCUT2D eigenvalue weighted by Gasteiger charge is -2.24. The van der Waals surface area contributed by atoms with E-state index in [1.54, 1.807) is 48.5 Å². The number of para-hydroxylation sites is 1. The second-order valence-electron chi connectivity index (χ2n) is 4.69. The molecule has 8 heteroatoms. The molecule has 0 radical (unpaired) electrons. The molecule has 118 valence electrons. The number of benzene rings is 2. The lowest BCUT2D eigenvalue weighted by atomic mass is 10.2. The molecule has 1 aromatic heterocycles. The van der Waals surface area contributed by atoms with Gasteiger partial charge in [-0.1, -0.05) is 70.3 Å². The summed E-state index contributed by atoms with van der Waals surface area (Å²) in [5.74, 6) is -0.624. The fraction of sp³-hybridized carbons (Fsp3) is 0.133. The first-order valence-electron chi connectivity index (χ1n) is 6.59. The van der Waals surface area contributed by atoms with Gasteiger partial charge in [0.25, 0.3) is 0 Å². The highest BCUT2D eigenvalue weighted by Gasteiger charge is 2.39. The third-order valence-corrected chi connectivity index (χ3v) is 3.67. The summed E-state index contributed by atoms with van der Waals surface area (Å²) in [6.07, 6.45) is -1.26. The van der Waals surface area contributed by atoms with E-state index in [0.717, 1.165) is 0 Å². The Bertz CT molecular complexity index is 831. The number of carbonyl (C=O) groups excluding carboxylic acids is 1. The number of carbonyl (C=O) groups is 1. The van der Waals surface area contributed by atoms with Crippen molar-refractivity contribution in [3.05, 3.63) is 60.2 Å². The number of ether oxygens (including phenoxy) is 1. The van der Waals surface area contributed by atoms with Gasteiger partial charge in [0.15, 0.2) is 0 Å². The Labute approximate surface area is 146 Å². The first-order valence-corrected chi connectivity index (χ1v) is 7.73. The lowest BCUT2D eigenvalue weighted by molar-refractivity contribution is 0.00717. The van der Waals surface area contributed by atoms with E-state index in [9.17, 15) is 4.79 Å². The average molecular weight is 371 g/mol. The Balaban J connectivity index is 1.98. The minimum atomic E-state index is -1.92. The second kappa shape index (κ2) is 6.35. The van der Waals surface area contributed by atoms with Crippen LogP contribution in [0.1, 0.15) is 16.6 Å². The van der Waals surface area contributed by atoms with Crippen LogP contribution >= 0.6 is 34.8 Å². The number of nitrogens with zero attached hydrogens (tertiary/aromatic N) is 3. The fourth-order valence-electron chi connectivity index (χ4n) is 2.06. The largest absolute Gasteiger partial charge is 0.431 e. The topological polar surface area (TPSA) is 57.0 Å². The lowest BCUT2D eigenvalue weighted by Crippen LogP contribution is -2.29. The summed E-state index contributed by atoms with van der Waals surface area (Å²) in [5, 5.41) is 7.92. The van der Waals surface area contributed by atoms with E-state index in [1.807, 2.05) is 6.07 Å². The third kappa shape index (κ3) is 3.42. The highest BCUT2D eigenvalue weighted by Crippen LogP contribution is 2.40. The normalized spacial score (nSPS) is 13.0. The van der Waals surface area contributed by atoms with Gasteiger partial charge in [0.2, 0.25) is 10.0 Å². The van der Waals surface area contributed by atoms with Gasteiger partial charge >= 0.3 is 5.97 Å². The van der Waals surface area contributed by atoms with Crippen LogP contribution in [0.15, 0.2) is 54.6 Å². The van der Waals surface area contributed by atoms with E-state index in [2.05, 4.69) is 10.3 Å². The molecule has 0 amide bonds. The van der Waals surface area contributed by atoms with Gasteiger partial charge in [0.05, 0.1) is 11.1 Å². The molecule has 0 unspecified atom stereocenters. The van der Waals surface area contributed by atoms with Crippen LogP contribution in [0.3, 0.4) is 0 Å². The van der Waals surface area contributed by atoms with Gasteiger partial charge in [-0.3, -0.25) is 0 Å². The average Bonchev–Trinajstić information content (AvgIpc) is 2.96. The van der Waals surface area contributed by atoms with Crippen molar-refractivity contribution in [3.8, 4) is 0 Å². The summed E-state index contributed by atoms with van der Waals surface area (Å²) in [6.45, 7) is 0. The Hall–Kier alpha value is -1.82. The van der Waals surface area contributed by atoms with Crippen LogP contribution in [0.25, 0.3) is 11.0 Å². The van der Waals surface area contributed by atoms with Gasteiger partial charge in [-0.05, 0) is 24.3 Å². The van der Waals surface area contributed by atoms with Crippen LogP contribution in [0.2, 0.25) is 0 Å². The molecule has 1 atom stereocenters. The number of hydrogen-bond donors (Lipinski definition) is 0. The molecule has 3 rings (SSSR count). The van der Waals surface area contributed by atoms with Crippen molar-refractivity contribution in [2.24, 2.45) is 0 Å². The number of hydrogen-bond acceptors (Lipinski definition) is 4. The maximum absolute atomic E-state index is 12.3. The number of fused-ring (bicyclic) bond motifs is 1. The molecule has 0 spiro atoms. The van der Waals surface area contributed by atoms with E-state index in [4.69, 9.17) is 39.5 Å². The van der Waals surface area contributed by atoms with Crippen LogP contribution in [-0.2, 0) is 4.74 Å². The van der Waals surface area contributed by atoms with E-state index in [1.165, 1.54) is 4.68 Å². The molecule has 1 heterocycles. The van der Waals surface area contributed by atoms with Crippen molar-refractivity contribution in [1.29, 1.82) is 0 Å². The summed E-state index contributed by atoms with van der Waals surface area (Å²) in [4.78, 5) is 12.3. The Morgan fingerprint density at radius 2 is 1.70 bits per heavy atom. The van der Waals surface area contributed by atoms with Crippen molar-refractivity contribution in [2.75, 3.05) is 0 Å². The summed E-state index contributed by atoms with van der Waals surface area (Å²) in [5.41, 5.74) is 1.53. The molecule has 0 aliphatic rings. The van der Waals surface area contributed by atoms with Gasteiger partial charge < -0.3 is 4.74 Å². The van der Waals surface area contributed by atoms with Crippen molar-refractivity contribution < 1.29 is 9.53 Å². The van der Waals surface area contributed by atoms with E-state index >= 15 is 0 Å². The number of halogens is 3. The van der Waals surface area contributed by atoms with E-state index < -0.39 is 16.0 Å². The molecule has 0 saturated carbocycles. The van der Waals surface area contributed by atoms with Gasteiger partial charge in [0.1, 0.15) is 5.52 Å². The molecular weight excluding hydrogens is 361 g/mol. The number of aromatic nitrogens is 3. The zero-order valence-corrected chi connectivity index (χ0v) is 13.8. The third-order valence-electron chi connectivity index (χ3n) is 3.11. The van der Waals surface area contributed by atoms with Crippen molar-refractivity contribution in [2.45, 2.75) is 10.0 Å². The Morgan fingerprint density at radius 1 is 1.04 bits per heavy atom. The Kier molecular flexibility index (Phi) is 4.43. The fourth-order valence-corrected chi connectivity index (χ4v) is 2.47. The first-order chi connectivity index (χ1) is 11.0. The highest BCUT2D eigenvalue weighted by atomic mass is 35.6. The van der Waals surface area contributed by atoms with Crippen molar-refractivity contribution in [1.82, 2.24) is 15.0 Å². The van der Waals surface area contributed by atoms with Gasteiger partial charge in [-0.15, -0.1) is 5.10 Å². The number of alkyl halides is 3. The summed E-state index contributed by atoms with van der Waals surface area (Å²) in [6, 6.07) is 15.5. The van der Waals surface area contributed by atoms with Crippen LogP contribution in [-0.4, -0.2) is 24.8 Å². The van der Waals surface area contributed by atoms with E-state index in [-0.39, 0.29) is 0 Å². The van der Waals surface area contributed by atoms with E-state index in [0.29, 0.717) is 16.6 Å². The predicted octanol–water partition coefficient (Wildman–Crippen LogP) is 4.16. The monoisotopic (exact) mass is 369 g/mol. The molecule has 0 aliphatic heterocycles. The maximum Gasteiger partial charge on any atom is 0.340 e. The molecule has 0 saturated heterocycles. The second-order valence-corrected chi connectivity index (χ2v) is 7.06. The molecule has 0 N–H and O–H groups in total.